The molecule has 2 aliphatic rings. The summed E-state index contributed by atoms with van der Waals surface area (Å²) in [6, 6.07) is 5.80. The zero-order chi connectivity index (χ0) is 26.0. The number of hydrogen-bond donors (Lipinski definition) is 1. The summed E-state index contributed by atoms with van der Waals surface area (Å²) in [5.74, 6) is -0.545. The predicted octanol–water partition coefficient (Wildman–Crippen LogP) is 5.11. The lowest BCUT2D eigenvalue weighted by molar-refractivity contribution is 0.0314. The van der Waals surface area contributed by atoms with E-state index in [9.17, 15) is 18.0 Å². The number of likely N-dealkylation sites (tertiary alicyclic amines) is 1. The molecule has 8 nitrogen and oxygen atoms in total. The number of rotatable bonds is 6. The molecule has 1 unspecified atom stereocenters. The number of urea groups is 1. The highest BCUT2D eigenvalue weighted by atomic mass is 35.5. The highest BCUT2D eigenvalue weighted by Crippen LogP contribution is 2.37. The van der Waals surface area contributed by atoms with Crippen LogP contribution in [0.3, 0.4) is 0 Å². The Labute approximate surface area is 213 Å². The molecule has 2 aromatic rings. The number of para-hydroxylation sites is 1. The Bertz CT molecular complexity index is 1050. The van der Waals surface area contributed by atoms with E-state index in [0.717, 1.165) is 31.9 Å². The van der Waals surface area contributed by atoms with Gasteiger partial charge in [-0.05, 0) is 38.8 Å². The second-order valence-corrected chi connectivity index (χ2v) is 10.3. The number of piperazine rings is 1. The maximum Gasteiger partial charge on any atom is 0.321 e. The van der Waals surface area contributed by atoms with Gasteiger partial charge in [-0.2, -0.15) is 4.98 Å². The van der Waals surface area contributed by atoms with Crippen LogP contribution in [0.2, 0.25) is 5.02 Å². The van der Waals surface area contributed by atoms with E-state index in [0.29, 0.717) is 42.7 Å². The van der Waals surface area contributed by atoms with Crippen LogP contribution < -0.4 is 10.2 Å². The van der Waals surface area contributed by atoms with Crippen LogP contribution >= 0.6 is 11.6 Å². The van der Waals surface area contributed by atoms with E-state index in [4.69, 9.17) is 16.1 Å². The molecular formula is C24H32ClF3N6O2. The topological polar surface area (TPSA) is 77.7 Å². The Morgan fingerprint density at radius 1 is 1.11 bits per heavy atom. The van der Waals surface area contributed by atoms with E-state index >= 15 is 0 Å². The fourth-order valence-electron chi connectivity index (χ4n) is 4.69. The van der Waals surface area contributed by atoms with Crippen LogP contribution in [0.1, 0.15) is 51.5 Å². The zero-order valence-corrected chi connectivity index (χ0v) is 21.4. The molecule has 1 aromatic carbocycles. The van der Waals surface area contributed by atoms with Gasteiger partial charge in [0.15, 0.2) is 5.82 Å². The minimum Gasteiger partial charge on any atom is -0.367 e. The summed E-state index contributed by atoms with van der Waals surface area (Å²) in [5, 5.41) is 7.20. The van der Waals surface area contributed by atoms with Crippen molar-refractivity contribution in [2.75, 3.05) is 49.5 Å². The first-order valence-electron chi connectivity index (χ1n) is 12.2. The highest BCUT2D eigenvalue weighted by molar-refractivity contribution is 6.34. The van der Waals surface area contributed by atoms with Crippen LogP contribution in [0.4, 0.5) is 29.3 Å². The molecule has 2 aliphatic heterocycles. The Kier molecular flexibility index (Phi) is 7.99. The number of hydrogen-bond acceptors (Lipinski definition) is 6. The number of amides is 2. The van der Waals surface area contributed by atoms with Gasteiger partial charge in [-0.1, -0.05) is 29.7 Å². The first kappa shape index (κ1) is 26.5. The van der Waals surface area contributed by atoms with Gasteiger partial charge < -0.3 is 19.6 Å². The number of anilines is 2. The molecular weight excluding hydrogens is 497 g/mol. The number of nitrogens with zero attached hydrogens (tertiary/aromatic N) is 5. The van der Waals surface area contributed by atoms with E-state index in [2.05, 4.69) is 39.1 Å². The number of piperidine rings is 1. The summed E-state index contributed by atoms with van der Waals surface area (Å²) < 4.78 is 43.6. The first-order valence-corrected chi connectivity index (χ1v) is 12.6. The van der Waals surface area contributed by atoms with Gasteiger partial charge in [0.05, 0.1) is 16.4 Å². The van der Waals surface area contributed by atoms with E-state index in [1.807, 2.05) is 19.1 Å². The molecule has 2 fully saturated rings. The molecule has 1 atom stereocenters. The quantitative estimate of drug-likeness (QED) is 0.561. The van der Waals surface area contributed by atoms with Crippen LogP contribution in [0, 0.1) is 0 Å². The molecule has 0 bridgehead atoms. The van der Waals surface area contributed by atoms with Crippen LogP contribution in [0.5, 0.6) is 0 Å². The number of benzene rings is 1. The highest BCUT2D eigenvalue weighted by Gasteiger charge is 2.39. The van der Waals surface area contributed by atoms with E-state index < -0.39 is 23.9 Å². The predicted molar refractivity (Wildman–Crippen MR) is 132 cm³/mol. The van der Waals surface area contributed by atoms with Crippen molar-refractivity contribution < 1.29 is 22.5 Å². The molecule has 4 rings (SSSR count). The fraction of sp³-hybridized carbons (Fsp3) is 0.625. The largest absolute Gasteiger partial charge is 0.367 e. The van der Waals surface area contributed by atoms with Crippen molar-refractivity contribution in [3.05, 3.63) is 34.9 Å². The summed E-state index contributed by atoms with van der Waals surface area (Å²) in [5.41, 5.74) is 0.853. The molecule has 0 radical (unpaired) electrons. The normalized spacial score (nSPS) is 19.7. The van der Waals surface area contributed by atoms with Crippen molar-refractivity contribution in [2.45, 2.75) is 57.7 Å². The summed E-state index contributed by atoms with van der Waals surface area (Å²) in [7, 11) is 0. The maximum atomic E-state index is 13.6. The summed E-state index contributed by atoms with van der Waals surface area (Å²) in [4.78, 5) is 23.4. The van der Waals surface area contributed by atoms with Crippen LogP contribution in [0.15, 0.2) is 22.7 Å². The zero-order valence-electron chi connectivity index (χ0n) is 20.7. The molecule has 2 amide bonds. The number of carbonyl (C=O) groups is 1. The minimum atomic E-state index is -3.23. The number of carbonyl (C=O) groups excluding carboxylic acids is 1. The molecule has 1 aromatic heterocycles. The van der Waals surface area contributed by atoms with Crippen molar-refractivity contribution in [2.24, 2.45) is 0 Å². The molecule has 1 N–H and O–H groups in total. The van der Waals surface area contributed by atoms with Crippen molar-refractivity contribution in [3.63, 3.8) is 0 Å². The Hall–Kier alpha value is -2.53. The van der Waals surface area contributed by atoms with Gasteiger partial charge in [0.2, 0.25) is 6.17 Å². The number of nitrogens with one attached hydrogen (secondary N) is 1. The van der Waals surface area contributed by atoms with Crippen molar-refractivity contribution in [1.82, 2.24) is 19.9 Å². The molecule has 36 heavy (non-hydrogen) atoms. The number of aromatic nitrogens is 2. The first-order chi connectivity index (χ1) is 17.1. The molecule has 0 saturated carbocycles. The summed E-state index contributed by atoms with van der Waals surface area (Å²) in [6.07, 6.45) is -4.90. The lowest BCUT2D eigenvalue weighted by Crippen LogP contribution is -2.49. The van der Waals surface area contributed by atoms with E-state index in [1.54, 1.807) is 11.0 Å². The average molecular weight is 529 g/mol. The van der Waals surface area contributed by atoms with Gasteiger partial charge in [0.25, 0.3) is 12.3 Å². The number of halogens is 4. The second-order valence-electron chi connectivity index (χ2n) is 9.92. The van der Waals surface area contributed by atoms with Crippen molar-refractivity contribution >= 4 is 29.0 Å². The van der Waals surface area contributed by atoms with Gasteiger partial charge in [-0.3, -0.25) is 4.90 Å². The lowest BCUT2D eigenvalue weighted by Gasteiger charge is -2.39. The monoisotopic (exact) mass is 528 g/mol. The fourth-order valence-corrected chi connectivity index (χ4v) is 4.91. The van der Waals surface area contributed by atoms with E-state index in [-0.39, 0.29) is 11.9 Å². The van der Waals surface area contributed by atoms with Gasteiger partial charge in [-0.25, -0.2) is 18.0 Å². The van der Waals surface area contributed by atoms with Gasteiger partial charge in [-0.15, -0.1) is 0 Å². The molecule has 3 heterocycles. The van der Waals surface area contributed by atoms with Gasteiger partial charge in [0.1, 0.15) is 0 Å². The SMILES string of the molecule is CC(C)N1CCN(c2cccc(Cl)c2NC(=O)N2CCC(C)(c3noc(C(F)C(F)F)n3)CC2)CC1. The van der Waals surface area contributed by atoms with Crippen molar-refractivity contribution in [1.29, 1.82) is 0 Å². The van der Waals surface area contributed by atoms with Gasteiger partial charge >= 0.3 is 6.03 Å². The van der Waals surface area contributed by atoms with E-state index in [1.165, 1.54) is 0 Å². The smallest absolute Gasteiger partial charge is 0.321 e. The Morgan fingerprint density at radius 3 is 2.39 bits per heavy atom. The molecule has 0 aliphatic carbocycles. The third-order valence-electron chi connectivity index (χ3n) is 7.20. The lowest BCUT2D eigenvalue weighted by atomic mass is 9.80. The second kappa shape index (κ2) is 10.8. The van der Waals surface area contributed by atoms with Crippen LogP contribution in [-0.2, 0) is 5.41 Å². The average Bonchev–Trinajstić information content (AvgIpc) is 3.36. The standard InChI is InChI=1S/C24H32ClF3N6O2/c1-15(2)32-11-13-33(14-12-32)17-6-4-5-16(25)19(17)29-23(35)34-9-7-24(3,8-10-34)22-30-21(36-31-22)18(26)20(27)28/h4-6,15,18,20H,7-14H2,1-3H3,(H,29,35). The summed E-state index contributed by atoms with van der Waals surface area (Å²) in [6.45, 7) is 10.5. The molecule has 198 valence electrons. The summed E-state index contributed by atoms with van der Waals surface area (Å²) >= 11 is 6.50. The van der Waals surface area contributed by atoms with Crippen LogP contribution in [-0.4, -0.2) is 77.7 Å². The maximum absolute atomic E-state index is 13.6. The van der Waals surface area contributed by atoms with Crippen molar-refractivity contribution in [3.8, 4) is 0 Å². The molecule has 12 heteroatoms. The molecule has 2 saturated heterocycles. The third kappa shape index (κ3) is 5.56. The Balaban J connectivity index is 1.40. The van der Waals surface area contributed by atoms with Gasteiger partial charge in [0, 0.05) is 50.7 Å². The Morgan fingerprint density at radius 2 is 1.78 bits per heavy atom. The molecule has 0 spiro atoms. The van der Waals surface area contributed by atoms with Crippen LogP contribution in [0.25, 0.3) is 0 Å². The third-order valence-corrected chi connectivity index (χ3v) is 7.52. The number of alkyl halides is 3. The minimum absolute atomic E-state index is 0.176.